The van der Waals surface area contributed by atoms with Crippen LogP contribution in [0.4, 0.5) is 0 Å². The molecule has 1 atom stereocenters. The molecule has 0 radical (unpaired) electrons. The van der Waals surface area contributed by atoms with Crippen LogP contribution in [0.5, 0.6) is 0 Å². The van der Waals surface area contributed by atoms with Gasteiger partial charge in [-0.05, 0) is 44.9 Å². The second-order valence-corrected chi connectivity index (χ2v) is 26.3. The summed E-state index contributed by atoms with van der Waals surface area (Å²) in [5, 5.41) is 0. The molecule has 0 aliphatic carbocycles. The Hall–Kier alpha value is -1.85. The first kappa shape index (κ1) is 81.2. The Morgan fingerprint density at radius 1 is 0.229 bits per heavy atom. The smallest absolute Gasteiger partial charge is 0.306 e. The lowest BCUT2D eigenvalue weighted by atomic mass is 10.0. The zero-order valence-electron chi connectivity index (χ0n) is 56.8. The maximum absolute atomic E-state index is 13.0. The van der Waals surface area contributed by atoms with Crippen molar-refractivity contribution in [3.8, 4) is 0 Å². The van der Waals surface area contributed by atoms with Gasteiger partial charge in [0.05, 0.1) is 0 Å². The first-order chi connectivity index (χ1) is 41.0. The van der Waals surface area contributed by atoms with Crippen molar-refractivity contribution in [2.45, 2.75) is 451 Å². The zero-order chi connectivity index (χ0) is 59.9. The van der Waals surface area contributed by atoms with Crippen molar-refractivity contribution < 1.29 is 28.6 Å². The van der Waals surface area contributed by atoms with Crippen LogP contribution in [0.3, 0.4) is 0 Å². The molecule has 0 bridgehead atoms. The van der Waals surface area contributed by atoms with Crippen LogP contribution in [0.15, 0.2) is 12.2 Å². The molecule has 1 unspecified atom stereocenters. The molecule has 492 valence electrons. The van der Waals surface area contributed by atoms with E-state index in [0.717, 1.165) is 57.8 Å². The first-order valence-corrected chi connectivity index (χ1v) is 38.2. The summed E-state index contributed by atoms with van der Waals surface area (Å²) >= 11 is 0. The van der Waals surface area contributed by atoms with Gasteiger partial charge in [-0.2, -0.15) is 0 Å². The van der Waals surface area contributed by atoms with E-state index in [1.807, 2.05) is 0 Å². The van der Waals surface area contributed by atoms with E-state index in [0.29, 0.717) is 19.3 Å². The lowest BCUT2D eigenvalue weighted by Gasteiger charge is -2.18. The molecule has 0 aliphatic rings. The summed E-state index contributed by atoms with van der Waals surface area (Å²) in [5.41, 5.74) is 0. The molecule has 0 amide bonds. The number of unbranched alkanes of at least 4 members (excludes halogenated alkanes) is 59. The summed E-state index contributed by atoms with van der Waals surface area (Å²) in [4.78, 5) is 38.6. The van der Waals surface area contributed by atoms with E-state index < -0.39 is 6.10 Å². The highest BCUT2D eigenvalue weighted by Crippen LogP contribution is 2.20. The predicted octanol–water partition coefficient (Wildman–Crippen LogP) is 26.3. The molecule has 0 fully saturated rings. The van der Waals surface area contributed by atoms with E-state index in [1.165, 1.54) is 347 Å². The summed E-state index contributed by atoms with van der Waals surface area (Å²) in [7, 11) is 0. The van der Waals surface area contributed by atoms with Gasteiger partial charge in [-0.25, -0.2) is 0 Å². The highest BCUT2D eigenvalue weighted by Gasteiger charge is 2.20. The molecule has 83 heavy (non-hydrogen) atoms. The normalized spacial score (nSPS) is 12.0. The Morgan fingerprint density at radius 3 is 0.602 bits per heavy atom. The third-order valence-electron chi connectivity index (χ3n) is 17.8. The fourth-order valence-corrected chi connectivity index (χ4v) is 12.0. The second kappa shape index (κ2) is 72.6. The summed E-state index contributed by atoms with van der Waals surface area (Å²) < 4.78 is 17.1. The molecule has 6 nitrogen and oxygen atoms in total. The Kier molecular flexibility index (Phi) is 71.0. The molecular weight excluding hydrogens is 1020 g/mol. The van der Waals surface area contributed by atoms with Gasteiger partial charge in [0.1, 0.15) is 13.2 Å². The molecule has 0 saturated carbocycles. The van der Waals surface area contributed by atoms with E-state index in [4.69, 9.17) is 14.2 Å². The van der Waals surface area contributed by atoms with Crippen LogP contribution < -0.4 is 0 Å². The van der Waals surface area contributed by atoms with E-state index in [-0.39, 0.29) is 31.1 Å². The van der Waals surface area contributed by atoms with Crippen molar-refractivity contribution >= 4 is 17.9 Å². The number of ether oxygens (including phenoxy) is 3. The summed E-state index contributed by atoms with van der Waals surface area (Å²) in [6.45, 7) is 6.75. The van der Waals surface area contributed by atoms with Crippen LogP contribution in [0.25, 0.3) is 0 Å². The molecule has 0 aromatic carbocycles. The fourth-order valence-electron chi connectivity index (χ4n) is 12.0. The van der Waals surface area contributed by atoms with Gasteiger partial charge in [-0.15, -0.1) is 0 Å². The molecule has 0 heterocycles. The zero-order valence-corrected chi connectivity index (χ0v) is 56.8. The first-order valence-electron chi connectivity index (χ1n) is 38.2. The minimum Gasteiger partial charge on any atom is -0.462 e. The van der Waals surface area contributed by atoms with Crippen LogP contribution in [0, 0.1) is 0 Å². The maximum Gasteiger partial charge on any atom is 0.306 e. The Morgan fingerprint density at radius 2 is 0.398 bits per heavy atom. The topological polar surface area (TPSA) is 78.9 Å². The highest BCUT2D eigenvalue weighted by molar-refractivity contribution is 5.71. The second-order valence-electron chi connectivity index (χ2n) is 26.3. The van der Waals surface area contributed by atoms with E-state index in [9.17, 15) is 14.4 Å². The number of hydrogen-bond acceptors (Lipinski definition) is 6. The minimum atomic E-state index is -0.768. The molecule has 0 rings (SSSR count). The van der Waals surface area contributed by atoms with Gasteiger partial charge in [0.25, 0.3) is 0 Å². The van der Waals surface area contributed by atoms with Gasteiger partial charge in [-0.3, -0.25) is 14.4 Å². The fraction of sp³-hybridized carbons (Fsp3) is 0.935. The summed E-state index contributed by atoms with van der Waals surface area (Å²) in [6.07, 6.45) is 88.3. The summed E-state index contributed by atoms with van der Waals surface area (Å²) in [6, 6.07) is 0. The van der Waals surface area contributed by atoms with Crippen LogP contribution in [-0.4, -0.2) is 37.2 Å². The molecular formula is C77H148O6. The predicted molar refractivity (Wildman–Crippen MR) is 363 cm³/mol. The number of esters is 3. The van der Waals surface area contributed by atoms with Gasteiger partial charge in [0.2, 0.25) is 0 Å². The van der Waals surface area contributed by atoms with Gasteiger partial charge >= 0.3 is 17.9 Å². The van der Waals surface area contributed by atoms with Gasteiger partial charge in [-0.1, -0.05) is 392 Å². The number of rotatable bonds is 72. The van der Waals surface area contributed by atoms with Gasteiger partial charge in [0.15, 0.2) is 6.10 Å². The quantitative estimate of drug-likeness (QED) is 0.0261. The number of carbonyl (C=O) groups excluding carboxylic acids is 3. The van der Waals surface area contributed by atoms with Crippen molar-refractivity contribution in [2.24, 2.45) is 0 Å². The van der Waals surface area contributed by atoms with Gasteiger partial charge < -0.3 is 14.2 Å². The van der Waals surface area contributed by atoms with Crippen LogP contribution >= 0.6 is 0 Å². The lowest BCUT2D eigenvalue weighted by molar-refractivity contribution is -0.167. The number of allylic oxidation sites excluding steroid dienone is 2. The molecule has 0 N–H and O–H groups in total. The van der Waals surface area contributed by atoms with Crippen molar-refractivity contribution in [3.63, 3.8) is 0 Å². The largest absolute Gasteiger partial charge is 0.462 e. The van der Waals surface area contributed by atoms with Crippen molar-refractivity contribution in [1.29, 1.82) is 0 Å². The molecule has 0 aromatic heterocycles. The number of hydrogen-bond donors (Lipinski definition) is 0. The van der Waals surface area contributed by atoms with E-state index in [2.05, 4.69) is 32.9 Å². The summed E-state index contributed by atoms with van der Waals surface area (Å²) in [5.74, 6) is -0.824. The average Bonchev–Trinajstić information content (AvgIpc) is 3.50. The molecule has 0 aliphatic heterocycles. The van der Waals surface area contributed by atoms with Crippen molar-refractivity contribution in [1.82, 2.24) is 0 Å². The third kappa shape index (κ3) is 70.8. The van der Waals surface area contributed by atoms with Crippen LogP contribution in [-0.2, 0) is 28.6 Å². The minimum absolute atomic E-state index is 0.0634. The Balaban J connectivity index is 4.23. The third-order valence-corrected chi connectivity index (χ3v) is 17.8. The number of carbonyl (C=O) groups is 3. The average molecular weight is 1170 g/mol. The van der Waals surface area contributed by atoms with Crippen molar-refractivity contribution in [3.05, 3.63) is 12.2 Å². The monoisotopic (exact) mass is 1170 g/mol. The lowest BCUT2D eigenvalue weighted by Crippen LogP contribution is -2.30. The Labute approximate surface area is 520 Å². The molecule has 0 saturated heterocycles. The van der Waals surface area contributed by atoms with Crippen molar-refractivity contribution in [2.75, 3.05) is 13.2 Å². The van der Waals surface area contributed by atoms with Gasteiger partial charge in [0, 0.05) is 19.3 Å². The molecule has 6 heteroatoms. The van der Waals surface area contributed by atoms with E-state index >= 15 is 0 Å². The van der Waals surface area contributed by atoms with Crippen LogP contribution in [0.1, 0.15) is 445 Å². The maximum atomic E-state index is 13.0. The Bertz CT molecular complexity index is 1300. The standard InChI is InChI=1S/C77H148O6/c1-4-7-10-13-16-19-22-25-28-31-33-35-36-37-38-39-40-42-43-46-49-52-55-58-61-64-67-70-76(79)82-73-74(72-81-75(78)69-66-63-60-57-54-51-48-45-30-27-24-21-18-15-12-9-6-3)83-77(80)71-68-65-62-59-56-53-50-47-44-41-34-32-29-26-23-20-17-14-11-8-5-2/h32,34,74H,4-31,33,35-73H2,1-3H3/b34-32-. The van der Waals surface area contributed by atoms with Crippen LogP contribution in [0.2, 0.25) is 0 Å². The highest BCUT2D eigenvalue weighted by atomic mass is 16.6. The molecule has 0 spiro atoms. The SMILES string of the molecule is CCCCCCCCCC/C=C\CCCCCCCCCCCC(=O)OC(COC(=O)CCCCCCCCCCCCCCCCCCC)COC(=O)CCCCCCCCCCCCCCCCCCCCCCCCCCCCC. The van der Waals surface area contributed by atoms with E-state index in [1.54, 1.807) is 0 Å². The molecule has 0 aromatic rings.